The van der Waals surface area contributed by atoms with Crippen molar-refractivity contribution in [1.82, 2.24) is 10.2 Å². The van der Waals surface area contributed by atoms with Gasteiger partial charge in [0.2, 0.25) is 0 Å². The van der Waals surface area contributed by atoms with Crippen molar-refractivity contribution in [3.05, 3.63) is 24.4 Å². The molecule has 2 nitrogen and oxygen atoms in total. The topological polar surface area (TPSA) is 15.3 Å². The molecular formula is C9H16N2. The van der Waals surface area contributed by atoms with Crippen LogP contribution in [0.5, 0.6) is 0 Å². The fourth-order valence-electron chi connectivity index (χ4n) is 1.11. The van der Waals surface area contributed by atoms with Crippen molar-refractivity contribution >= 4 is 0 Å². The number of piperazine rings is 1. The summed E-state index contributed by atoms with van der Waals surface area (Å²) < 4.78 is 0. The molecule has 1 heterocycles. The third kappa shape index (κ3) is 3.23. The SMILES string of the molecule is CC=CC=CN1CCNCC1. The number of hydrogen-bond acceptors (Lipinski definition) is 2. The van der Waals surface area contributed by atoms with E-state index in [0.717, 1.165) is 26.2 Å². The quantitative estimate of drug-likeness (QED) is 0.593. The second kappa shape index (κ2) is 4.97. The Bertz CT molecular complexity index is 144. The van der Waals surface area contributed by atoms with Gasteiger partial charge in [0.05, 0.1) is 0 Å². The van der Waals surface area contributed by atoms with Crippen molar-refractivity contribution in [3.63, 3.8) is 0 Å². The molecule has 1 aliphatic heterocycles. The van der Waals surface area contributed by atoms with E-state index in [1.807, 2.05) is 13.0 Å². The summed E-state index contributed by atoms with van der Waals surface area (Å²) in [5, 5.41) is 3.31. The van der Waals surface area contributed by atoms with Gasteiger partial charge >= 0.3 is 0 Å². The van der Waals surface area contributed by atoms with Crippen molar-refractivity contribution in [2.75, 3.05) is 26.2 Å². The smallest absolute Gasteiger partial charge is 0.0298 e. The molecular weight excluding hydrogens is 136 g/mol. The van der Waals surface area contributed by atoms with Crippen LogP contribution in [0.2, 0.25) is 0 Å². The van der Waals surface area contributed by atoms with Crippen LogP contribution in [0.3, 0.4) is 0 Å². The fourth-order valence-corrected chi connectivity index (χ4v) is 1.11. The normalized spacial score (nSPS) is 20.3. The summed E-state index contributed by atoms with van der Waals surface area (Å²) in [7, 11) is 0. The lowest BCUT2D eigenvalue weighted by atomic mass is 10.4. The van der Waals surface area contributed by atoms with Gasteiger partial charge in [0, 0.05) is 26.2 Å². The van der Waals surface area contributed by atoms with Crippen LogP contribution in [0.25, 0.3) is 0 Å². The summed E-state index contributed by atoms with van der Waals surface area (Å²) in [4.78, 5) is 2.33. The van der Waals surface area contributed by atoms with Gasteiger partial charge in [0.15, 0.2) is 0 Å². The molecule has 1 N–H and O–H groups in total. The average Bonchev–Trinajstić information content (AvgIpc) is 2.07. The molecule has 0 atom stereocenters. The maximum Gasteiger partial charge on any atom is 0.0298 e. The maximum absolute atomic E-state index is 3.31. The maximum atomic E-state index is 3.31. The minimum Gasteiger partial charge on any atom is -0.375 e. The third-order valence-corrected chi connectivity index (χ3v) is 1.75. The Morgan fingerprint density at radius 3 is 2.55 bits per heavy atom. The average molecular weight is 152 g/mol. The van der Waals surface area contributed by atoms with E-state index in [9.17, 15) is 0 Å². The summed E-state index contributed by atoms with van der Waals surface area (Å²) in [5.74, 6) is 0. The number of rotatable bonds is 2. The Morgan fingerprint density at radius 1 is 1.18 bits per heavy atom. The molecule has 0 amide bonds. The van der Waals surface area contributed by atoms with E-state index in [1.165, 1.54) is 0 Å². The van der Waals surface area contributed by atoms with Crippen LogP contribution >= 0.6 is 0 Å². The van der Waals surface area contributed by atoms with E-state index in [2.05, 4.69) is 28.6 Å². The van der Waals surface area contributed by atoms with E-state index in [1.54, 1.807) is 0 Å². The second-order valence-electron chi connectivity index (χ2n) is 2.65. The molecule has 0 radical (unpaired) electrons. The zero-order chi connectivity index (χ0) is 7.94. The van der Waals surface area contributed by atoms with E-state index < -0.39 is 0 Å². The van der Waals surface area contributed by atoms with Gasteiger partial charge in [-0.1, -0.05) is 12.2 Å². The summed E-state index contributed by atoms with van der Waals surface area (Å²) in [6.07, 6.45) is 8.34. The molecule has 0 bridgehead atoms. The van der Waals surface area contributed by atoms with Crippen molar-refractivity contribution in [1.29, 1.82) is 0 Å². The zero-order valence-electron chi connectivity index (χ0n) is 7.09. The predicted octanol–water partition coefficient (Wildman–Crippen LogP) is 0.981. The molecule has 2 heteroatoms. The molecule has 11 heavy (non-hydrogen) atoms. The molecule has 0 aromatic rings. The molecule has 0 aromatic carbocycles. The first-order valence-electron chi connectivity index (χ1n) is 4.18. The van der Waals surface area contributed by atoms with Crippen molar-refractivity contribution in [2.24, 2.45) is 0 Å². The number of hydrogen-bond donors (Lipinski definition) is 1. The lowest BCUT2D eigenvalue weighted by molar-refractivity contribution is 0.324. The standard InChI is InChI=1S/C9H16N2/c1-2-3-4-7-11-8-5-10-6-9-11/h2-4,7,10H,5-6,8-9H2,1H3. The van der Waals surface area contributed by atoms with E-state index in [4.69, 9.17) is 0 Å². The highest BCUT2D eigenvalue weighted by Gasteiger charge is 2.02. The summed E-state index contributed by atoms with van der Waals surface area (Å²) in [6.45, 7) is 6.52. The molecule has 1 aliphatic rings. The van der Waals surface area contributed by atoms with Gasteiger partial charge in [-0.05, 0) is 19.2 Å². The van der Waals surface area contributed by atoms with Gasteiger partial charge in [-0.25, -0.2) is 0 Å². The number of nitrogens with zero attached hydrogens (tertiary/aromatic N) is 1. The van der Waals surface area contributed by atoms with E-state index in [0.29, 0.717) is 0 Å². The van der Waals surface area contributed by atoms with Crippen LogP contribution in [0.15, 0.2) is 24.4 Å². The van der Waals surface area contributed by atoms with Crippen molar-refractivity contribution < 1.29 is 0 Å². The highest BCUT2D eigenvalue weighted by Crippen LogP contribution is 1.92. The second-order valence-corrected chi connectivity index (χ2v) is 2.65. The lowest BCUT2D eigenvalue weighted by Gasteiger charge is -2.25. The summed E-state index contributed by atoms with van der Waals surface area (Å²) in [6, 6.07) is 0. The minimum atomic E-state index is 1.11. The van der Waals surface area contributed by atoms with Gasteiger partial charge in [-0.3, -0.25) is 0 Å². The number of nitrogens with one attached hydrogen (secondary N) is 1. The Morgan fingerprint density at radius 2 is 1.91 bits per heavy atom. The molecule has 62 valence electrons. The van der Waals surface area contributed by atoms with Crippen LogP contribution in [-0.2, 0) is 0 Å². The predicted molar refractivity (Wildman–Crippen MR) is 48.4 cm³/mol. The van der Waals surface area contributed by atoms with Crippen LogP contribution in [0.4, 0.5) is 0 Å². The van der Waals surface area contributed by atoms with Gasteiger partial charge < -0.3 is 10.2 Å². The highest BCUT2D eigenvalue weighted by atomic mass is 15.2. The largest absolute Gasteiger partial charge is 0.375 e. The third-order valence-electron chi connectivity index (χ3n) is 1.75. The molecule has 1 rings (SSSR count). The first-order chi connectivity index (χ1) is 5.43. The Kier molecular flexibility index (Phi) is 3.76. The molecule has 0 aromatic heterocycles. The lowest BCUT2D eigenvalue weighted by Crippen LogP contribution is -2.40. The molecule has 0 spiro atoms. The molecule has 1 saturated heterocycles. The zero-order valence-corrected chi connectivity index (χ0v) is 7.09. The first kappa shape index (κ1) is 8.34. The Labute approximate surface area is 68.6 Å². The first-order valence-corrected chi connectivity index (χ1v) is 4.18. The van der Waals surface area contributed by atoms with Crippen LogP contribution in [0.1, 0.15) is 6.92 Å². The van der Waals surface area contributed by atoms with Crippen molar-refractivity contribution in [3.8, 4) is 0 Å². The number of allylic oxidation sites excluding steroid dienone is 3. The van der Waals surface area contributed by atoms with Crippen LogP contribution in [-0.4, -0.2) is 31.1 Å². The van der Waals surface area contributed by atoms with E-state index in [-0.39, 0.29) is 0 Å². The fraction of sp³-hybridized carbons (Fsp3) is 0.556. The van der Waals surface area contributed by atoms with Gasteiger partial charge in [-0.2, -0.15) is 0 Å². The Hall–Kier alpha value is -0.760. The summed E-state index contributed by atoms with van der Waals surface area (Å²) in [5.41, 5.74) is 0. The van der Waals surface area contributed by atoms with Gasteiger partial charge in [0.25, 0.3) is 0 Å². The monoisotopic (exact) mass is 152 g/mol. The molecule has 1 fully saturated rings. The van der Waals surface area contributed by atoms with Crippen molar-refractivity contribution in [2.45, 2.75) is 6.92 Å². The van der Waals surface area contributed by atoms with Gasteiger partial charge in [0.1, 0.15) is 0 Å². The molecule has 0 unspecified atom stereocenters. The van der Waals surface area contributed by atoms with E-state index >= 15 is 0 Å². The minimum absolute atomic E-state index is 1.11. The molecule has 0 aliphatic carbocycles. The van der Waals surface area contributed by atoms with Crippen LogP contribution in [0, 0.1) is 0 Å². The highest BCUT2D eigenvalue weighted by molar-refractivity contribution is 5.01. The van der Waals surface area contributed by atoms with Gasteiger partial charge in [-0.15, -0.1) is 0 Å². The Balaban J connectivity index is 2.23. The van der Waals surface area contributed by atoms with Crippen LogP contribution < -0.4 is 5.32 Å². The summed E-state index contributed by atoms with van der Waals surface area (Å²) >= 11 is 0. The molecule has 0 saturated carbocycles.